The van der Waals surface area contributed by atoms with Gasteiger partial charge in [0.15, 0.2) is 0 Å². The molecule has 0 fully saturated rings. The number of amides is 1. The van der Waals surface area contributed by atoms with Crippen LogP contribution in [-0.4, -0.2) is 30.4 Å². The molecular formula is C29H26FN7O2. The summed E-state index contributed by atoms with van der Waals surface area (Å²) < 4.78 is 23.0. The van der Waals surface area contributed by atoms with Gasteiger partial charge in [-0.15, -0.1) is 0 Å². The van der Waals surface area contributed by atoms with Crippen molar-refractivity contribution in [1.29, 1.82) is 0 Å². The number of halogens is 1. The molecule has 0 radical (unpaired) electrons. The number of nitrogen functional groups attached to an aromatic ring is 1. The molecule has 1 amide bonds. The Balaban J connectivity index is 1.64. The Labute approximate surface area is 224 Å². The molecule has 0 aliphatic heterocycles. The van der Waals surface area contributed by atoms with E-state index in [-0.39, 0.29) is 17.3 Å². The summed E-state index contributed by atoms with van der Waals surface area (Å²) in [6.07, 6.45) is 3.03. The first-order valence-electron chi connectivity index (χ1n) is 12.1. The third-order valence-corrected chi connectivity index (χ3v) is 6.33. The molecule has 3 heterocycles. The maximum atomic E-state index is 15.3. The lowest BCUT2D eigenvalue weighted by atomic mass is 9.95. The number of anilines is 2. The van der Waals surface area contributed by atoms with Crippen LogP contribution in [0.4, 0.5) is 15.9 Å². The first-order valence-corrected chi connectivity index (χ1v) is 12.1. The highest BCUT2D eigenvalue weighted by Gasteiger charge is 2.24. The Morgan fingerprint density at radius 2 is 1.85 bits per heavy atom. The van der Waals surface area contributed by atoms with E-state index in [0.717, 1.165) is 22.4 Å². The van der Waals surface area contributed by atoms with E-state index < -0.39 is 11.7 Å². The van der Waals surface area contributed by atoms with Crippen LogP contribution >= 0.6 is 0 Å². The zero-order chi connectivity index (χ0) is 27.8. The Morgan fingerprint density at radius 1 is 1.10 bits per heavy atom. The van der Waals surface area contributed by atoms with E-state index in [2.05, 4.69) is 31.8 Å². The van der Waals surface area contributed by atoms with E-state index in [0.29, 0.717) is 33.9 Å². The van der Waals surface area contributed by atoms with Gasteiger partial charge in [0.25, 0.3) is 5.91 Å². The molecule has 2 aromatic carbocycles. The lowest BCUT2D eigenvalue weighted by molar-refractivity contribution is -0.112. The van der Waals surface area contributed by atoms with E-state index in [1.165, 1.54) is 12.4 Å². The maximum Gasteiger partial charge on any atom is 0.322 e. The molecule has 39 heavy (non-hydrogen) atoms. The minimum Gasteiger partial charge on any atom is -0.424 e. The van der Waals surface area contributed by atoms with Crippen LogP contribution in [0, 0.1) is 19.7 Å². The van der Waals surface area contributed by atoms with Crippen LogP contribution in [0.1, 0.15) is 18.2 Å². The van der Waals surface area contributed by atoms with Gasteiger partial charge in [-0.05, 0) is 62.2 Å². The van der Waals surface area contributed by atoms with Crippen LogP contribution < -0.4 is 15.8 Å². The molecule has 0 aliphatic rings. The van der Waals surface area contributed by atoms with Crippen molar-refractivity contribution in [2.45, 2.75) is 20.8 Å². The molecule has 0 saturated carbocycles. The van der Waals surface area contributed by atoms with Crippen LogP contribution in [-0.2, 0) is 11.8 Å². The van der Waals surface area contributed by atoms with Crippen LogP contribution in [0.2, 0.25) is 0 Å². The fourth-order valence-electron chi connectivity index (χ4n) is 4.40. The predicted molar refractivity (Wildman–Crippen MR) is 149 cm³/mol. The first-order chi connectivity index (χ1) is 18.6. The summed E-state index contributed by atoms with van der Waals surface area (Å²) in [5, 5.41) is 3.21. The lowest BCUT2D eigenvalue weighted by Gasteiger charge is -2.15. The van der Waals surface area contributed by atoms with Crippen molar-refractivity contribution >= 4 is 28.4 Å². The second-order valence-corrected chi connectivity index (χ2v) is 9.23. The van der Waals surface area contributed by atoms with Gasteiger partial charge in [-0.3, -0.25) is 4.79 Å². The number of aryl methyl sites for hydroxylation is 3. The minimum absolute atomic E-state index is 0.0729. The fourth-order valence-corrected chi connectivity index (χ4v) is 4.40. The van der Waals surface area contributed by atoms with E-state index in [1.807, 2.05) is 37.6 Å². The summed E-state index contributed by atoms with van der Waals surface area (Å²) in [4.78, 5) is 29.2. The van der Waals surface area contributed by atoms with Gasteiger partial charge in [0.05, 0.1) is 16.8 Å². The zero-order valence-electron chi connectivity index (χ0n) is 21.9. The number of benzene rings is 2. The highest BCUT2D eigenvalue weighted by Crippen LogP contribution is 2.43. The lowest BCUT2D eigenvalue weighted by Crippen LogP contribution is -2.13. The molecular weight excluding hydrogens is 497 g/mol. The van der Waals surface area contributed by atoms with Crippen molar-refractivity contribution in [3.05, 3.63) is 84.2 Å². The molecule has 5 rings (SSSR count). The number of hydrogen-bond donors (Lipinski definition) is 2. The predicted octanol–water partition coefficient (Wildman–Crippen LogP) is 5.74. The number of nitrogens with one attached hydrogen (secondary N) is 1. The molecule has 10 heteroatoms. The molecule has 196 valence electrons. The van der Waals surface area contributed by atoms with E-state index in [1.54, 1.807) is 37.4 Å². The molecule has 0 unspecified atom stereocenters. The molecule has 0 atom stereocenters. The number of hydrogen-bond acceptors (Lipinski definition) is 7. The van der Waals surface area contributed by atoms with E-state index in [4.69, 9.17) is 10.5 Å². The van der Waals surface area contributed by atoms with Crippen LogP contribution in [0.25, 0.3) is 33.4 Å². The molecule has 3 aromatic heterocycles. The second-order valence-electron chi connectivity index (χ2n) is 9.23. The average Bonchev–Trinajstić information content (AvgIpc) is 3.19. The van der Waals surface area contributed by atoms with Crippen molar-refractivity contribution in [1.82, 2.24) is 24.5 Å². The third kappa shape index (κ3) is 4.79. The van der Waals surface area contributed by atoms with E-state index in [9.17, 15) is 4.79 Å². The average molecular weight is 524 g/mol. The summed E-state index contributed by atoms with van der Waals surface area (Å²) in [5.41, 5.74) is 11.7. The van der Waals surface area contributed by atoms with Gasteiger partial charge in [0.1, 0.15) is 29.4 Å². The van der Waals surface area contributed by atoms with Crippen molar-refractivity contribution < 1.29 is 13.9 Å². The smallest absolute Gasteiger partial charge is 0.322 e. The van der Waals surface area contributed by atoms with Crippen LogP contribution in [0.15, 0.2) is 67.1 Å². The topological polar surface area (TPSA) is 121 Å². The quantitative estimate of drug-likeness (QED) is 0.272. The summed E-state index contributed by atoms with van der Waals surface area (Å²) in [6, 6.07) is 12.4. The number of carbonyl (C=O) groups is 1. The Bertz CT molecular complexity index is 1760. The van der Waals surface area contributed by atoms with Crippen molar-refractivity contribution in [2.75, 3.05) is 11.1 Å². The number of fused-ring (bicyclic) bond motifs is 1. The van der Waals surface area contributed by atoms with Gasteiger partial charge in [-0.25, -0.2) is 24.3 Å². The highest BCUT2D eigenvalue weighted by molar-refractivity contribution is 6.08. The SMILES string of the molecule is C=C(C)C(=O)Nc1cc(C)c(-c2c(-c3ccc(Oc4nccc(C)n4)cc3)c3c(N)ncnc3n2C)cc1F. The number of carbonyl (C=O) groups excluding carboxylic acids is 1. The highest BCUT2D eigenvalue weighted by atomic mass is 19.1. The van der Waals surface area contributed by atoms with Crippen molar-refractivity contribution in [3.63, 3.8) is 0 Å². The third-order valence-electron chi connectivity index (χ3n) is 6.33. The summed E-state index contributed by atoms with van der Waals surface area (Å²) >= 11 is 0. The molecule has 9 nitrogen and oxygen atoms in total. The Morgan fingerprint density at radius 3 is 2.54 bits per heavy atom. The van der Waals surface area contributed by atoms with Crippen molar-refractivity contribution in [2.24, 2.45) is 7.05 Å². The molecule has 3 N–H and O–H groups in total. The standard InChI is InChI=1S/C29H26FN7O2/c1-15(2)28(38)36-22-12-16(3)20(13-21(22)30)25-23(24-26(31)33-14-34-27(24)37(25)5)18-6-8-19(9-7-18)39-29-32-11-10-17(4)35-29/h6-14H,1H2,2-5H3,(H,36,38)(H2,31,33,34). The number of nitrogens with zero attached hydrogens (tertiary/aromatic N) is 5. The summed E-state index contributed by atoms with van der Waals surface area (Å²) in [5.74, 6) is -0.181. The van der Waals surface area contributed by atoms with Gasteiger partial charge in [0.2, 0.25) is 0 Å². The molecule has 5 aromatic rings. The summed E-state index contributed by atoms with van der Waals surface area (Å²) in [6.45, 7) is 8.88. The normalized spacial score (nSPS) is 11.0. The molecule has 0 spiro atoms. The van der Waals surface area contributed by atoms with Gasteiger partial charge >= 0.3 is 6.01 Å². The first kappa shape index (κ1) is 25.5. The monoisotopic (exact) mass is 523 g/mol. The zero-order valence-corrected chi connectivity index (χ0v) is 21.9. The van der Waals surface area contributed by atoms with Gasteiger partial charge in [-0.2, -0.15) is 0 Å². The van der Waals surface area contributed by atoms with Crippen LogP contribution in [0.3, 0.4) is 0 Å². The van der Waals surface area contributed by atoms with E-state index >= 15 is 4.39 Å². The molecule has 0 bridgehead atoms. The molecule has 0 aliphatic carbocycles. The number of ether oxygens (including phenoxy) is 1. The largest absolute Gasteiger partial charge is 0.424 e. The minimum atomic E-state index is -0.581. The molecule has 0 saturated heterocycles. The fraction of sp³-hybridized carbons (Fsp3) is 0.138. The van der Waals surface area contributed by atoms with Gasteiger partial charge < -0.3 is 20.4 Å². The van der Waals surface area contributed by atoms with Crippen molar-refractivity contribution in [3.8, 4) is 34.1 Å². The number of aromatic nitrogens is 5. The maximum absolute atomic E-state index is 15.3. The number of rotatable bonds is 6. The number of nitrogens with two attached hydrogens (primary N) is 1. The van der Waals surface area contributed by atoms with Crippen LogP contribution in [0.5, 0.6) is 11.8 Å². The van der Waals surface area contributed by atoms with Gasteiger partial charge in [-0.1, -0.05) is 18.7 Å². The van der Waals surface area contributed by atoms with Gasteiger partial charge in [0, 0.05) is 35.6 Å². The summed E-state index contributed by atoms with van der Waals surface area (Å²) in [7, 11) is 1.84. The second kappa shape index (κ2) is 9.97. The Hall–Kier alpha value is -5.12. The Kier molecular flexibility index (Phi) is 6.53.